The molecule has 0 aromatic rings. The van der Waals surface area contributed by atoms with Crippen molar-refractivity contribution in [1.29, 1.82) is 0 Å². The molecular formula is C16H40N4. The quantitative estimate of drug-likeness (QED) is 0.369. The Kier molecular flexibility index (Phi) is 26.4. The maximum Gasteiger partial charge on any atom is 0.00745 e. The Morgan fingerprint density at radius 2 is 1.00 bits per heavy atom. The monoisotopic (exact) mass is 288 g/mol. The van der Waals surface area contributed by atoms with E-state index >= 15 is 0 Å². The van der Waals surface area contributed by atoms with Gasteiger partial charge in [-0.25, -0.2) is 0 Å². The van der Waals surface area contributed by atoms with Gasteiger partial charge >= 0.3 is 0 Å². The first-order chi connectivity index (χ1) is 9.83. The van der Waals surface area contributed by atoms with Gasteiger partial charge in [-0.2, -0.15) is 0 Å². The molecule has 4 heteroatoms. The van der Waals surface area contributed by atoms with Crippen LogP contribution in [0.25, 0.3) is 0 Å². The SMILES string of the molecule is CCCCCCCCCCCCNCCN.NCCN. The van der Waals surface area contributed by atoms with Gasteiger partial charge in [0, 0.05) is 26.2 Å². The maximum absolute atomic E-state index is 5.40. The minimum absolute atomic E-state index is 0.597. The standard InChI is InChI=1S/C14H32N2.C2H8N2/c1-2-3-4-5-6-7-8-9-10-11-13-16-14-12-15;3-1-2-4/h16H,2-15H2,1H3;1-4H2. The average Bonchev–Trinajstić information content (AvgIpc) is 2.49. The molecule has 20 heavy (non-hydrogen) atoms. The van der Waals surface area contributed by atoms with Crippen molar-refractivity contribution in [2.24, 2.45) is 17.2 Å². The Bertz CT molecular complexity index is 126. The molecule has 7 N–H and O–H groups in total. The number of rotatable bonds is 14. The van der Waals surface area contributed by atoms with Crippen LogP contribution in [-0.4, -0.2) is 32.7 Å². The predicted molar refractivity (Wildman–Crippen MR) is 91.9 cm³/mol. The summed E-state index contributed by atoms with van der Waals surface area (Å²) < 4.78 is 0. The molecule has 0 saturated heterocycles. The number of hydrogen-bond donors (Lipinski definition) is 4. The van der Waals surface area contributed by atoms with Gasteiger partial charge in [-0.1, -0.05) is 64.7 Å². The molecule has 0 fully saturated rings. The number of unbranched alkanes of at least 4 members (excludes halogenated alkanes) is 9. The highest BCUT2D eigenvalue weighted by molar-refractivity contribution is 4.50. The third-order valence-electron chi connectivity index (χ3n) is 3.19. The maximum atomic E-state index is 5.40. The molecule has 0 bridgehead atoms. The fourth-order valence-corrected chi connectivity index (χ4v) is 1.96. The molecule has 124 valence electrons. The van der Waals surface area contributed by atoms with Gasteiger partial charge in [-0.05, 0) is 13.0 Å². The van der Waals surface area contributed by atoms with Crippen molar-refractivity contribution >= 4 is 0 Å². The largest absolute Gasteiger partial charge is 0.329 e. The zero-order valence-corrected chi connectivity index (χ0v) is 13.8. The number of nitrogens with one attached hydrogen (secondary N) is 1. The summed E-state index contributed by atoms with van der Waals surface area (Å²) >= 11 is 0. The normalized spacial score (nSPS) is 10.2. The molecule has 0 saturated carbocycles. The zero-order valence-electron chi connectivity index (χ0n) is 13.8. The molecule has 0 aliphatic rings. The second kappa shape index (κ2) is 23.9. The van der Waals surface area contributed by atoms with E-state index in [-0.39, 0.29) is 0 Å². The van der Waals surface area contributed by atoms with Crippen LogP contribution in [0.5, 0.6) is 0 Å². The summed E-state index contributed by atoms with van der Waals surface area (Å²) in [7, 11) is 0. The highest BCUT2D eigenvalue weighted by atomic mass is 14.9. The van der Waals surface area contributed by atoms with Crippen molar-refractivity contribution in [2.75, 3.05) is 32.7 Å². The lowest BCUT2D eigenvalue weighted by molar-refractivity contribution is 0.545. The third kappa shape index (κ3) is 26.4. The van der Waals surface area contributed by atoms with E-state index in [1.54, 1.807) is 0 Å². The molecule has 0 aliphatic carbocycles. The Morgan fingerprint density at radius 3 is 1.40 bits per heavy atom. The van der Waals surface area contributed by atoms with E-state index < -0.39 is 0 Å². The van der Waals surface area contributed by atoms with E-state index in [4.69, 9.17) is 17.2 Å². The van der Waals surface area contributed by atoms with Crippen molar-refractivity contribution in [2.45, 2.75) is 71.1 Å². The lowest BCUT2D eigenvalue weighted by Gasteiger charge is -2.03. The number of hydrogen-bond acceptors (Lipinski definition) is 4. The molecule has 4 nitrogen and oxygen atoms in total. The second-order valence-electron chi connectivity index (χ2n) is 5.30. The van der Waals surface area contributed by atoms with E-state index in [0.717, 1.165) is 19.6 Å². The zero-order chi connectivity index (χ0) is 15.3. The fraction of sp³-hybridized carbons (Fsp3) is 1.00. The van der Waals surface area contributed by atoms with Crippen LogP contribution in [-0.2, 0) is 0 Å². The van der Waals surface area contributed by atoms with Gasteiger partial charge in [0.25, 0.3) is 0 Å². The highest BCUT2D eigenvalue weighted by Gasteiger charge is 1.92. The molecule has 0 spiro atoms. The summed E-state index contributed by atoms with van der Waals surface area (Å²) in [4.78, 5) is 0. The number of nitrogens with two attached hydrogens (primary N) is 3. The molecule has 0 heterocycles. The van der Waals surface area contributed by atoms with Crippen molar-refractivity contribution in [1.82, 2.24) is 5.32 Å². The summed E-state index contributed by atoms with van der Waals surface area (Å²) in [6.45, 7) is 6.35. The molecule has 0 aliphatic heterocycles. The molecule has 0 unspecified atom stereocenters. The third-order valence-corrected chi connectivity index (χ3v) is 3.19. The van der Waals surface area contributed by atoms with Crippen LogP contribution in [0.2, 0.25) is 0 Å². The van der Waals surface area contributed by atoms with E-state index in [1.807, 2.05) is 0 Å². The summed E-state index contributed by atoms with van der Waals surface area (Å²) in [5, 5.41) is 3.34. The van der Waals surface area contributed by atoms with Gasteiger partial charge in [0.05, 0.1) is 0 Å². The Labute approximate surface area is 127 Å². The fourth-order valence-electron chi connectivity index (χ4n) is 1.96. The second-order valence-corrected chi connectivity index (χ2v) is 5.30. The summed E-state index contributed by atoms with van der Waals surface area (Å²) in [6.07, 6.45) is 14.1. The summed E-state index contributed by atoms with van der Waals surface area (Å²) in [6, 6.07) is 0. The molecule has 0 rings (SSSR count). The Hall–Kier alpha value is -0.160. The van der Waals surface area contributed by atoms with Crippen LogP contribution in [0.3, 0.4) is 0 Å². The van der Waals surface area contributed by atoms with Crippen LogP contribution < -0.4 is 22.5 Å². The van der Waals surface area contributed by atoms with Crippen LogP contribution in [0, 0.1) is 0 Å². The van der Waals surface area contributed by atoms with Crippen LogP contribution in [0.15, 0.2) is 0 Å². The van der Waals surface area contributed by atoms with Crippen LogP contribution >= 0.6 is 0 Å². The predicted octanol–water partition coefficient (Wildman–Crippen LogP) is 2.36. The van der Waals surface area contributed by atoms with E-state index in [1.165, 1.54) is 64.2 Å². The van der Waals surface area contributed by atoms with Crippen molar-refractivity contribution < 1.29 is 0 Å². The van der Waals surface area contributed by atoms with Crippen molar-refractivity contribution in [3.05, 3.63) is 0 Å². The Balaban J connectivity index is 0. The summed E-state index contributed by atoms with van der Waals surface area (Å²) in [5.41, 5.74) is 15.2. The lowest BCUT2D eigenvalue weighted by atomic mass is 10.1. The molecule has 0 aromatic carbocycles. The highest BCUT2D eigenvalue weighted by Crippen LogP contribution is 2.10. The van der Waals surface area contributed by atoms with Crippen molar-refractivity contribution in [3.8, 4) is 0 Å². The lowest BCUT2D eigenvalue weighted by Crippen LogP contribution is -2.23. The van der Waals surface area contributed by atoms with Gasteiger partial charge in [0.2, 0.25) is 0 Å². The minimum Gasteiger partial charge on any atom is -0.329 e. The molecule has 0 atom stereocenters. The van der Waals surface area contributed by atoms with E-state index in [0.29, 0.717) is 13.1 Å². The van der Waals surface area contributed by atoms with E-state index in [9.17, 15) is 0 Å². The van der Waals surface area contributed by atoms with Gasteiger partial charge in [-0.15, -0.1) is 0 Å². The first-order valence-corrected chi connectivity index (χ1v) is 8.64. The van der Waals surface area contributed by atoms with Gasteiger partial charge in [0.15, 0.2) is 0 Å². The minimum atomic E-state index is 0.597. The smallest absolute Gasteiger partial charge is 0.00745 e. The van der Waals surface area contributed by atoms with E-state index in [2.05, 4.69) is 12.2 Å². The molecule has 0 amide bonds. The molecule has 0 radical (unpaired) electrons. The van der Waals surface area contributed by atoms with Crippen molar-refractivity contribution in [3.63, 3.8) is 0 Å². The topological polar surface area (TPSA) is 90.1 Å². The Morgan fingerprint density at radius 1 is 0.550 bits per heavy atom. The van der Waals surface area contributed by atoms with Gasteiger partial charge < -0.3 is 22.5 Å². The van der Waals surface area contributed by atoms with Gasteiger partial charge in [-0.3, -0.25) is 0 Å². The molecule has 0 aromatic heterocycles. The summed E-state index contributed by atoms with van der Waals surface area (Å²) in [5.74, 6) is 0. The first-order valence-electron chi connectivity index (χ1n) is 8.64. The van der Waals surface area contributed by atoms with Gasteiger partial charge in [0.1, 0.15) is 0 Å². The first kappa shape index (κ1) is 22.1. The van der Waals surface area contributed by atoms with Crippen LogP contribution in [0.1, 0.15) is 71.1 Å². The van der Waals surface area contributed by atoms with Crippen LogP contribution in [0.4, 0.5) is 0 Å². The average molecular weight is 289 g/mol. The molecular weight excluding hydrogens is 248 g/mol.